The first-order valence-electron chi connectivity index (χ1n) is 10.7. The highest BCUT2D eigenvalue weighted by Gasteiger charge is 2.25. The van der Waals surface area contributed by atoms with Gasteiger partial charge < -0.3 is 4.90 Å². The van der Waals surface area contributed by atoms with Crippen LogP contribution in [0.5, 0.6) is 0 Å². The molecule has 6 heteroatoms. The van der Waals surface area contributed by atoms with E-state index in [2.05, 4.69) is 61.4 Å². The van der Waals surface area contributed by atoms with Crippen LogP contribution in [0.1, 0.15) is 31.5 Å². The van der Waals surface area contributed by atoms with Crippen LogP contribution in [0.2, 0.25) is 0 Å². The topological polar surface area (TPSA) is 32.3 Å². The van der Waals surface area contributed by atoms with Gasteiger partial charge in [0, 0.05) is 29.4 Å². The number of aromatic nitrogens is 2. The van der Waals surface area contributed by atoms with Crippen molar-refractivity contribution in [1.29, 1.82) is 0 Å². The first-order valence-corrected chi connectivity index (χ1v) is 12.7. The van der Waals surface area contributed by atoms with Gasteiger partial charge in [0.25, 0.3) is 0 Å². The first kappa shape index (κ1) is 19.5. The second kappa shape index (κ2) is 8.70. The molecule has 0 N–H and O–H groups in total. The summed E-state index contributed by atoms with van der Waals surface area (Å²) in [5, 5.41) is 4.61. The second-order valence-corrected chi connectivity index (χ2v) is 9.73. The van der Waals surface area contributed by atoms with Gasteiger partial charge in [0.05, 0.1) is 11.9 Å². The van der Waals surface area contributed by atoms with E-state index in [4.69, 9.17) is 9.97 Å². The van der Waals surface area contributed by atoms with E-state index in [1.807, 2.05) is 0 Å². The largest absolute Gasteiger partial charge is 0.356 e. The lowest BCUT2D eigenvalue weighted by Crippen LogP contribution is -2.35. The number of halogens is 1. The monoisotopic (exact) mass is 470 g/mol. The van der Waals surface area contributed by atoms with Crippen molar-refractivity contribution in [3.63, 3.8) is 0 Å². The lowest BCUT2D eigenvalue weighted by molar-refractivity contribution is 0.323. The van der Waals surface area contributed by atoms with Crippen molar-refractivity contribution in [3.05, 3.63) is 41.5 Å². The molecule has 0 aliphatic carbocycles. The highest BCUT2D eigenvalue weighted by molar-refractivity contribution is 9.09. The number of anilines is 1. The van der Waals surface area contributed by atoms with E-state index < -0.39 is 0 Å². The summed E-state index contributed by atoms with van der Waals surface area (Å²) in [5.41, 5.74) is 2.53. The lowest BCUT2D eigenvalue weighted by Gasteiger charge is -2.33. The number of alkyl halides is 1. The van der Waals surface area contributed by atoms with Gasteiger partial charge in [0.2, 0.25) is 0 Å². The Morgan fingerprint density at radius 1 is 1.00 bits per heavy atom. The van der Waals surface area contributed by atoms with Gasteiger partial charge in [-0.15, -0.1) is 11.3 Å². The van der Waals surface area contributed by atoms with E-state index in [0.717, 1.165) is 47.4 Å². The van der Waals surface area contributed by atoms with Crippen LogP contribution in [0.15, 0.2) is 35.7 Å². The SMILES string of the molecule is BrCC1CCN(c2nc(CN3CCCC3)nc3scc(-c4ccccc4)c23)CC1. The number of rotatable bonds is 5. The molecule has 2 aliphatic heterocycles. The normalized spacial score (nSPS) is 18.7. The van der Waals surface area contributed by atoms with Crippen LogP contribution in [0.25, 0.3) is 21.3 Å². The van der Waals surface area contributed by atoms with Crippen molar-refractivity contribution < 1.29 is 0 Å². The predicted molar refractivity (Wildman–Crippen MR) is 126 cm³/mol. The Bertz CT molecular complexity index is 960. The van der Waals surface area contributed by atoms with Crippen LogP contribution in [0.3, 0.4) is 0 Å². The van der Waals surface area contributed by atoms with E-state index in [0.29, 0.717) is 0 Å². The average molecular weight is 471 g/mol. The molecule has 2 saturated heterocycles. The molecule has 4 heterocycles. The minimum absolute atomic E-state index is 0.781. The first-order chi connectivity index (χ1) is 14.3. The van der Waals surface area contributed by atoms with Crippen molar-refractivity contribution in [2.75, 3.05) is 36.4 Å². The van der Waals surface area contributed by atoms with Gasteiger partial charge in [-0.3, -0.25) is 4.90 Å². The standard InChI is InChI=1S/C23H27BrN4S/c24-14-17-8-12-28(13-9-17)22-21-19(18-6-2-1-3-7-18)16-29-23(21)26-20(25-22)15-27-10-4-5-11-27/h1-3,6-7,16-17H,4-5,8-15H2. The summed E-state index contributed by atoms with van der Waals surface area (Å²) in [6, 6.07) is 10.7. The van der Waals surface area contributed by atoms with E-state index >= 15 is 0 Å². The Labute approximate surface area is 185 Å². The Balaban J connectivity index is 1.57. The van der Waals surface area contributed by atoms with Crippen molar-refractivity contribution in [2.45, 2.75) is 32.2 Å². The van der Waals surface area contributed by atoms with Crippen LogP contribution >= 0.6 is 27.3 Å². The third kappa shape index (κ3) is 4.07. The predicted octanol–water partition coefficient (Wildman–Crippen LogP) is 5.57. The summed E-state index contributed by atoms with van der Waals surface area (Å²) in [4.78, 5) is 16.3. The molecule has 0 unspecified atom stereocenters. The maximum absolute atomic E-state index is 5.17. The van der Waals surface area contributed by atoms with E-state index in [1.54, 1.807) is 11.3 Å². The molecule has 2 aromatic heterocycles. The zero-order valence-electron chi connectivity index (χ0n) is 16.7. The molecule has 0 atom stereocenters. The summed E-state index contributed by atoms with van der Waals surface area (Å²) < 4.78 is 0. The molecule has 29 heavy (non-hydrogen) atoms. The number of nitrogens with zero attached hydrogens (tertiary/aromatic N) is 4. The molecule has 0 saturated carbocycles. The number of hydrogen-bond acceptors (Lipinski definition) is 5. The smallest absolute Gasteiger partial charge is 0.146 e. The summed E-state index contributed by atoms with van der Waals surface area (Å²) in [6.45, 7) is 5.38. The molecule has 0 radical (unpaired) electrons. The molecule has 2 aliphatic rings. The Morgan fingerprint density at radius 2 is 1.76 bits per heavy atom. The molecular formula is C23H27BrN4S. The number of hydrogen-bond donors (Lipinski definition) is 0. The highest BCUT2D eigenvalue weighted by Crippen LogP contribution is 2.39. The van der Waals surface area contributed by atoms with Crippen LogP contribution in [-0.4, -0.2) is 46.4 Å². The fraction of sp³-hybridized carbons (Fsp3) is 0.478. The molecule has 152 valence electrons. The quantitative estimate of drug-likeness (QED) is 0.456. The van der Waals surface area contributed by atoms with Gasteiger partial charge in [-0.25, -0.2) is 9.97 Å². The van der Waals surface area contributed by atoms with Crippen molar-refractivity contribution >= 4 is 43.3 Å². The molecular weight excluding hydrogens is 444 g/mol. The third-order valence-corrected chi connectivity index (χ3v) is 8.03. The van der Waals surface area contributed by atoms with Crippen LogP contribution < -0.4 is 4.90 Å². The molecule has 2 fully saturated rings. The van der Waals surface area contributed by atoms with Gasteiger partial charge >= 0.3 is 0 Å². The summed E-state index contributed by atoms with van der Waals surface area (Å²) in [7, 11) is 0. The van der Waals surface area contributed by atoms with E-state index in [-0.39, 0.29) is 0 Å². The van der Waals surface area contributed by atoms with Gasteiger partial charge in [0.1, 0.15) is 16.5 Å². The van der Waals surface area contributed by atoms with Crippen LogP contribution in [-0.2, 0) is 6.54 Å². The van der Waals surface area contributed by atoms with Gasteiger partial charge in [-0.1, -0.05) is 46.3 Å². The molecule has 0 bridgehead atoms. The number of benzene rings is 1. The highest BCUT2D eigenvalue weighted by atomic mass is 79.9. The Morgan fingerprint density at radius 3 is 2.48 bits per heavy atom. The number of piperidine rings is 1. The zero-order chi connectivity index (χ0) is 19.6. The fourth-order valence-electron chi connectivity index (χ4n) is 4.54. The molecule has 5 rings (SSSR count). The van der Waals surface area contributed by atoms with Gasteiger partial charge in [-0.2, -0.15) is 0 Å². The Kier molecular flexibility index (Phi) is 5.84. The van der Waals surface area contributed by atoms with E-state index in [9.17, 15) is 0 Å². The summed E-state index contributed by atoms with van der Waals surface area (Å²) in [6.07, 6.45) is 5.05. The number of likely N-dealkylation sites (tertiary alicyclic amines) is 1. The fourth-order valence-corrected chi connectivity index (χ4v) is 6.14. The van der Waals surface area contributed by atoms with E-state index in [1.165, 1.54) is 55.3 Å². The molecule has 0 spiro atoms. The minimum Gasteiger partial charge on any atom is -0.356 e. The van der Waals surface area contributed by atoms with Crippen LogP contribution in [0.4, 0.5) is 5.82 Å². The number of fused-ring (bicyclic) bond motifs is 1. The summed E-state index contributed by atoms with van der Waals surface area (Å²) in [5.74, 6) is 2.92. The minimum atomic E-state index is 0.781. The van der Waals surface area contributed by atoms with Crippen molar-refractivity contribution in [2.24, 2.45) is 5.92 Å². The molecule has 0 amide bonds. The molecule has 1 aromatic carbocycles. The molecule has 4 nitrogen and oxygen atoms in total. The maximum atomic E-state index is 5.17. The summed E-state index contributed by atoms with van der Waals surface area (Å²) >= 11 is 5.44. The maximum Gasteiger partial charge on any atom is 0.146 e. The number of thiophene rings is 1. The zero-order valence-corrected chi connectivity index (χ0v) is 19.1. The van der Waals surface area contributed by atoms with Crippen LogP contribution in [0, 0.1) is 5.92 Å². The van der Waals surface area contributed by atoms with Crippen molar-refractivity contribution in [1.82, 2.24) is 14.9 Å². The van der Waals surface area contributed by atoms with Gasteiger partial charge in [-0.05, 0) is 50.3 Å². The average Bonchev–Trinajstić information content (AvgIpc) is 3.44. The van der Waals surface area contributed by atoms with Crippen molar-refractivity contribution in [3.8, 4) is 11.1 Å². The second-order valence-electron chi connectivity index (χ2n) is 8.23. The Hall–Kier alpha value is -1.50. The molecule has 3 aromatic rings. The third-order valence-electron chi connectivity index (χ3n) is 6.24. The lowest BCUT2D eigenvalue weighted by atomic mass is 9.98. The van der Waals surface area contributed by atoms with Gasteiger partial charge in [0.15, 0.2) is 0 Å².